The second-order valence-corrected chi connectivity index (χ2v) is 7.22. The lowest BCUT2D eigenvalue weighted by Crippen LogP contribution is -1.85. The Morgan fingerprint density at radius 3 is 1.95 bits per heavy atom. The Balaban J connectivity index is 2.36. The highest BCUT2D eigenvalue weighted by molar-refractivity contribution is 8.47. The fraction of sp³-hybridized carbons (Fsp3) is 0.0625. The van der Waals surface area contributed by atoms with E-state index in [0.29, 0.717) is 0 Å². The fourth-order valence-electron chi connectivity index (χ4n) is 2.21. The Labute approximate surface area is 126 Å². The molecule has 0 fully saturated rings. The van der Waals surface area contributed by atoms with Gasteiger partial charge in [-0.1, -0.05) is 72.5 Å². The number of hydrogen-bond acceptors (Lipinski definition) is 3. The van der Waals surface area contributed by atoms with E-state index in [9.17, 15) is 0 Å². The molecule has 3 rings (SSSR count). The summed E-state index contributed by atoms with van der Waals surface area (Å²) in [4.78, 5) is 1.27. The van der Waals surface area contributed by atoms with Crippen molar-refractivity contribution < 1.29 is 0 Å². The molecule has 0 atom stereocenters. The highest BCUT2D eigenvalue weighted by Gasteiger charge is 2.09. The quantitative estimate of drug-likeness (QED) is 0.320. The average Bonchev–Trinajstić information content (AvgIpc) is 2.46. The molecule has 0 aliphatic heterocycles. The monoisotopic (exact) mass is 300 g/mol. The minimum Gasteiger partial charge on any atom is -0.111 e. The van der Waals surface area contributed by atoms with Crippen molar-refractivity contribution >= 4 is 60.8 Å². The zero-order valence-corrected chi connectivity index (χ0v) is 12.9. The van der Waals surface area contributed by atoms with Gasteiger partial charge in [-0.05, 0) is 33.9 Å². The maximum Gasteiger partial charge on any atom is 0.108 e. The Bertz CT molecular complexity index is 708. The molecule has 0 amide bonds. The highest BCUT2D eigenvalue weighted by Crippen LogP contribution is 2.37. The second kappa shape index (κ2) is 5.53. The van der Waals surface area contributed by atoms with Gasteiger partial charge in [0.05, 0.1) is 0 Å². The second-order valence-electron chi connectivity index (χ2n) is 4.20. The number of rotatable bonds is 1. The van der Waals surface area contributed by atoms with E-state index >= 15 is 0 Å². The lowest BCUT2D eigenvalue weighted by molar-refractivity contribution is 1.63. The van der Waals surface area contributed by atoms with E-state index in [1.165, 1.54) is 26.4 Å². The van der Waals surface area contributed by atoms with Crippen LogP contribution in [0.2, 0.25) is 0 Å². The summed E-state index contributed by atoms with van der Waals surface area (Å²) in [6, 6.07) is 19.3. The van der Waals surface area contributed by atoms with Crippen LogP contribution in [0.1, 0.15) is 0 Å². The van der Waals surface area contributed by atoms with Crippen molar-refractivity contribution in [2.75, 3.05) is 6.26 Å². The van der Waals surface area contributed by atoms with Crippen LogP contribution in [0.5, 0.6) is 0 Å². The number of benzene rings is 3. The van der Waals surface area contributed by atoms with Gasteiger partial charge in [-0.25, -0.2) is 0 Å². The van der Waals surface area contributed by atoms with E-state index in [-0.39, 0.29) is 0 Å². The SMILES string of the molecule is CSC(=S)Sc1c2ccccc2cc2ccccc12. The normalized spacial score (nSPS) is 11.0. The molecule has 0 spiro atoms. The first kappa shape index (κ1) is 13.0. The lowest BCUT2D eigenvalue weighted by Gasteiger charge is -2.10. The largest absolute Gasteiger partial charge is 0.111 e. The molecule has 0 unspecified atom stereocenters. The van der Waals surface area contributed by atoms with Gasteiger partial charge >= 0.3 is 0 Å². The third-order valence-corrected chi connectivity index (χ3v) is 5.72. The van der Waals surface area contributed by atoms with Gasteiger partial charge in [-0.3, -0.25) is 0 Å². The molecule has 0 bridgehead atoms. The summed E-state index contributed by atoms with van der Waals surface area (Å²) >= 11 is 8.72. The van der Waals surface area contributed by atoms with Gasteiger partial charge in [0.1, 0.15) is 3.53 Å². The summed E-state index contributed by atoms with van der Waals surface area (Å²) in [5.74, 6) is 0. The Hall–Kier alpha value is -1.03. The van der Waals surface area contributed by atoms with Crippen LogP contribution in [-0.2, 0) is 0 Å². The lowest BCUT2D eigenvalue weighted by atomic mass is 10.0. The first-order chi connectivity index (χ1) is 9.29. The zero-order valence-electron chi connectivity index (χ0n) is 10.4. The van der Waals surface area contributed by atoms with Crippen molar-refractivity contribution in [2.45, 2.75) is 4.90 Å². The molecule has 0 heterocycles. The Kier molecular flexibility index (Phi) is 3.78. The van der Waals surface area contributed by atoms with E-state index in [2.05, 4.69) is 54.6 Å². The van der Waals surface area contributed by atoms with Gasteiger partial charge in [0, 0.05) is 4.90 Å². The van der Waals surface area contributed by atoms with E-state index < -0.39 is 0 Å². The van der Waals surface area contributed by atoms with Crippen LogP contribution in [0.3, 0.4) is 0 Å². The predicted molar refractivity (Wildman–Crippen MR) is 93.4 cm³/mol. The van der Waals surface area contributed by atoms with E-state index in [0.717, 1.165) is 3.53 Å². The van der Waals surface area contributed by atoms with Gasteiger partial charge in [0.15, 0.2) is 0 Å². The molecule has 3 aromatic carbocycles. The molecule has 3 aromatic rings. The molecular formula is C16H12S3. The molecule has 0 saturated carbocycles. The maximum atomic E-state index is 5.39. The minimum atomic E-state index is 0.960. The van der Waals surface area contributed by atoms with Crippen molar-refractivity contribution in [1.82, 2.24) is 0 Å². The van der Waals surface area contributed by atoms with Crippen molar-refractivity contribution in [3.8, 4) is 0 Å². The van der Waals surface area contributed by atoms with Crippen molar-refractivity contribution in [1.29, 1.82) is 0 Å². The molecule has 94 valence electrons. The molecule has 0 aliphatic rings. The van der Waals surface area contributed by atoms with Crippen LogP contribution in [0.4, 0.5) is 0 Å². The van der Waals surface area contributed by atoms with Crippen molar-refractivity contribution in [3.05, 3.63) is 54.6 Å². The summed E-state index contributed by atoms with van der Waals surface area (Å²) in [5.41, 5.74) is 0. The Morgan fingerprint density at radius 2 is 1.42 bits per heavy atom. The summed E-state index contributed by atoms with van der Waals surface area (Å²) in [5, 5.41) is 5.10. The van der Waals surface area contributed by atoms with Crippen LogP contribution in [0, 0.1) is 0 Å². The molecule has 0 aliphatic carbocycles. The number of hydrogen-bond donors (Lipinski definition) is 0. The maximum absolute atomic E-state index is 5.39. The Morgan fingerprint density at radius 1 is 0.895 bits per heavy atom. The van der Waals surface area contributed by atoms with E-state index in [1.807, 2.05) is 6.26 Å². The first-order valence-electron chi connectivity index (χ1n) is 5.96. The number of thioether (sulfide) groups is 2. The van der Waals surface area contributed by atoms with Crippen molar-refractivity contribution in [3.63, 3.8) is 0 Å². The van der Waals surface area contributed by atoms with E-state index in [4.69, 9.17) is 12.2 Å². The van der Waals surface area contributed by atoms with Crippen molar-refractivity contribution in [2.24, 2.45) is 0 Å². The van der Waals surface area contributed by atoms with Gasteiger partial charge in [0.25, 0.3) is 0 Å². The standard InChI is InChI=1S/C16H12S3/c1-18-16(17)19-15-13-8-4-2-6-11(13)10-12-7-3-5-9-14(12)15/h2-10H,1H3. The molecule has 0 N–H and O–H groups in total. The van der Waals surface area contributed by atoms with Gasteiger partial charge in [-0.2, -0.15) is 0 Å². The van der Waals surface area contributed by atoms with Gasteiger partial charge in [0.2, 0.25) is 0 Å². The van der Waals surface area contributed by atoms with Crippen LogP contribution in [-0.4, -0.2) is 9.78 Å². The van der Waals surface area contributed by atoms with Gasteiger partial charge < -0.3 is 0 Å². The summed E-state index contributed by atoms with van der Waals surface area (Å²) < 4.78 is 0.960. The smallest absolute Gasteiger partial charge is 0.108 e. The van der Waals surface area contributed by atoms with Crippen LogP contribution in [0.15, 0.2) is 59.5 Å². The van der Waals surface area contributed by atoms with Crippen LogP contribution >= 0.6 is 35.7 Å². The third kappa shape index (κ3) is 2.50. The molecule has 0 saturated heterocycles. The van der Waals surface area contributed by atoms with Crippen LogP contribution < -0.4 is 0 Å². The fourth-order valence-corrected chi connectivity index (χ4v) is 3.80. The predicted octanol–water partition coefficient (Wildman–Crippen LogP) is 5.73. The van der Waals surface area contributed by atoms with Gasteiger partial charge in [-0.15, -0.1) is 11.8 Å². The summed E-state index contributed by atoms with van der Waals surface area (Å²) in [6.07, 6.45) is 2.03. The summed E-state index contributed by atoms with van der Waals surface area (Å²) in [7, 11) is 0. The minimum absolute atomic E-state index is 0.960. The topological polar surface area (TPSA) is 0 Å². The number of thiocarbonyl (C=S) groups is 1. The first-order valence-corrected chi connectivity index (χ1v) is 8.41. The third-order valence-electron chi connectivity index (χ3n) is 3.07. The average molecular weight is 300 g/mol. The molecule has 3 heteroatoms. The molecule has 0 nitrogen and oxygen atoms in total. The molecule has 0 aromatic heterocycles. The molecule has 19 heavy (non-hydrogen) atoms. The molecular weight excluding hydrogens is 288 g/mol. The molecule has 0 radical (unpaired) electrons. The summed E-state index contributed by atoms with van der Waals surface area (Å²) in [6.45, 7) is 0. The highest BCUT2D eigenvalue weighted by atomic mass is 32.2. The number of fused-ring (bicyclic) bond motifs is 2. The zero-order chi connectivity index (χ0) is 13.2. The van der Waals surface area contributed by atoms with E-state index in [1.54, 1.807) is 23.5 Å². The van der Waals surface area contributed by atoms with Crippen LogP contribution in [0.25, 0.3) is 21.5 Å².